The van der Waals surface area contributed by atoms with E-state index in [1.165, 1.54) is 25.1 Å². The zero-order valence-corrected chi connectivity index (χ0v) is 10.1. The highest BCUT2D eigenvalue weighted by molar-refractivity contribution is 5.56. The molecule has 0 aromatic carbocycles. The summed E-state index contributed by atoms with van der Waals surface area (Å²) in [5.41, 5.74) is 2.46. The van der Waals surface area contributed by atoms with Gasteiger partial charge in [-0.05, 0) is 31.9 Å². The van der Waals surface area contributed by atoms with Crippen LogP contribution in [0.5, 0.6) is 0 Å². The van der Waals surface area contributed by atoms with Crippen LogP contribution in [0.15, 0.2) is 22.9 Å². The van der Waals surface area contributed by atoms with Gasteiger partial charge in [0.25, 0.3) is 0 Å². The van der Waals surface area contributed by atoms with Crippen molar-refractivity contribution in [2.24, 2.45) is 0 Å². The Labute approximate surface area is 104 Å². The van der Waals surface area contributed by atoms with Gasteiger partial charge in [-0.15, -0.1) is 0 Å². The summed E-state index contributed by atoms with van der Waals surface area (Å²) in [6, 6.07) is 3.60. The van der Waals surface area contributed by atoms with Gasteiger partial charge in [0, 0.05) is 18.2 Å². The summed E-state index contributed by atoms with van der Waals surface area (Å²) in [6.07, 6.45) is 3.66. The zero-order valence-electron chi connectivity index (χ0n) is 10.1. The van der Waals surface area contributed by atoms with Crippen LogP contribution < -0.4 is 5.32 Å². The number of halogens is 1. The van der Waals surface area contributed by atoms with E-state index in [9.17, 15) is 4.39 Å². The van der Waals surface area contributed by atoms with Crippen molar-refractivity contribution >= 4 is 0 Å². The molecule has 4 nitrogen and oxygen atoms in total. The minimum Gasteiger partial charge on any atom is -0.354 e. The normalized spacial score (nSPS) is 15.0. The van der Waals surface area contributed by atoms with Gasteiger partial charge in [0.05, 0.1) is 6.20 Å². The highest BCUT2D eigenvalue weighted by atomic mass is 19.1. The van der Waals surface area contributed by atoms with Crippen LogP contribution in [0.2, 0.25) is 0 Å². The summed E-state index contributed by atoms with van der Waals surface area (Å²) in [7, 11) is 0. The van der Waals surface area contributed by atoms with Gasteiger partial charge in [-0.2, -0.15) is 0 Å². The number of nitrogens with one attached hydrogen (secondary N) is 1. The van der Waals surface area contributed by atoms with Gasteiger partial charge in [0.2, 0.25) is 0 Å². The van der Waals surface area contributed by atoms with Crippen LogP contribution in [0, 0.1) is 12.7 Å². The second kappa shape index (κ2) is 4.49. The minimum atomic E-state index is -0.355. The fourth-order valence-corrected chi connectivity index (χ4v) is 1.81. The Morgan fingerprint density at radius 3 is 2.94 bits per heavy atom. The standard InChI is InChI=1S/C13H14FN3O/c1-8-12(7-15-10-3-4-10)17-18-13(8)11-5-2-9(14)6-16-11/h2,5-6,10,15H,3-4,7H2,1H3. The van der Waals surface area contributed by atoms with Crippen LogP contribution in [-0.4, -0.2) is 16.2 Å². The fourth-order valence-electron chi connectivity index (χ4n) is 1.81. The number of hydrogen-bond donors (Lipinski definition) is 1. The molecule has 1 aliphatic rings. The molecule has 3 rings (SSSR count). The molecule has 0 saturated heterocycles. The Bertz CT molecular complexity index is 546. The molecule has 18 heavy (non-hydrogen) atoms. The molecule has 1 aliphatic carbocycles. The van der Waals surface area contributed by atoms with E-state index in [0.29, 0.717) is 24.0 Å². The van der Waals surface area contributed by atoms with Gasteiger partial charge in [-0.1, -0.05) is 5.16 Å². The Morgan fingerprint density at radius 1 is 1.44 bits per heavy atom. The molecule has 0 bridgehead atoms. The van der Waals surface area contributed by atoms with Gasteiger partial charge in [-0.25, -0.2) is 9.37 Å². The monoisotopic (exact) mass is 247 g/mol. The highest BCUT2D eigenvalue weighted by Gasteiger charge is 2.22. The lowest BCUT2D eigenvalue weighted by atomic mass is 10.1. The van der Waals surface area contributed by atoms with E-state index < -0.39 is 0 Å². The van der Waals surface area contributed by atoms with Crippen LogP contribution in [0.4, 0.5) is 4.39 Å². The molecule has 1 saturated carbocycles. The molecule has 0 unspecified atom stereocenters. The lowest BCUT2D eigenvalue weighted by Gasteiger charge is -1.99. The molecule has 2 aromatic heterocycles. The summed E-state index contributed by atoms with van der Waals surface area (Å²) in [6.45, 7) is 2.65. The fraction of sp³-hybridized carbons (Fsp3) is 0.385. The van der Waals surface area contributed by atoms with Crippen LogP contribution in [0.25, 0.3) is 11.5 Å². The van der Waals surface area contributed by atoms with E-state index >= 15 is 0 Å². The maximum atomic E-state index is 12.8. The lowest BCUT2D eigenvalue weighted by molar-refractivity contribution is 0.418. The van der Waals surface area contributed by atoms with Gasteiger partial charge >= 0.3 is 0 Å². The maximum Gasteiger partial charge on any atom is 0.188 e. The summed E-state index contributed by atoms with van der Waals surface area (Å²) in [5, 5.41) is 7.43. The zero-order chi connectivity index (χ0) is 12.5. The second-order valence-corrected chi connectivity index (χ2v) is 4.60. The average Bonchev–Trinajstić information content (AvgIpc) is 3.13. The van der Waals surface area contributed by atoms with Crippen molar-refractivity contribution in [3.05, 3.63) is 35.4 Å². The maximum absolute atomic E-state index is 12.8. The van der Waals surface area contributed by atoms with Gasteiger partial charge in [0.15, 0.2) is 5.76 Å². The topological polar surface area (TPSA) is 51.0 Å². The number of aromatic nitrogens is 2. The molecule has 0 spiro atoms. The number of nitrogens with zero attached hydrogens (tertiary/aromatic N) is 2. The Morgan fingerprint density at radius 2 is 2.28 bits per heavy atom. The predicted octanol–water partition coefficient (Wildman–Crippen LogP) is 2.44. The average molecular weight is 247 g/mol. The summed E-state index contributed by atoms with van der Waals surface area (Å²) in [4.78, 5) is 4.00. The van der Waals surface area contributed by atoms with Crippen molar-refractivity contribution in [3.63, 3.8) is 0 Å². The minimum absolute atomic E-state index is 0.355. The van der Waals surface area contributed by atoms with Crippen LogP contribution in [0.1, 0.15) is 24.1 Å². The first kappa shape index (κ1) is 11.3. The predicted molar refractivity (Wildman–Crippen MR) is 64.3 cm³/mol. The molecule has 94 valence electrons. The first-order valence-electron chi connectivity index (χ1n) is 6.04. The van der Waals surface area contributed by atoms with E-state index in [0.717, 1.165) is 11.3 Å². The molecule has 0 atom stereocenters. The van der Waals surface area contributed by atoms with Crippen molar-refractivity contribution in [1.82, 2.24) is 15.5 Å². The van der Waals surface area contributed by atoms with Crippen molar-refractivity contribution in [2.45, 2.75) is 32.4 Å². The first-order valence-corrected chi connectivity index (χ1v) is 6.04. The molecular weight excluding hydrogens is 233 g/mol. The molecule has 5 heteroatoms. The van der Waals surface area contributed by atoms with Gasteiger partial charge in [-0.3, -0.25) is 0 Å². The van der Waals surface area contributed by atoms with Crippen LogP contribution in [0.3, 0.4) is 0 Å². The second-order valence-electron chi connectivity index (χ2n) is 4.60. The van der Waals surface area contributed by atoms with E-state index in [2.05, 4.69) is 15.5 Å². The molecule has 2 heterocycles. The third-order valence-electron chi connectivity index (χ3n) is 3.12. The SMILES string of the molecule is Cc1c(CNC2CC2)noc1-c1ccc(F)cn1. The molecule has 1 fully saturated rings. The van der Waals surface area contributed by atoms with E-state index in [1.54, 1.807) is 6.07 Å². The van der Waals surface area contributed by atoms with Gasteiger partial charge < -0.3 is 9.84 Å². The van der Waals surface area contributed by atoms with E-state index in [1.807, 2.05) is 6.92 Å². The quantitative estimate of drug-likeness (QED) is 0.901. The molecule has 0 aliphatic heterocycles. The Balaban J connectivity index is 1.81. The Hall–Kier alpha value is -1.75. The van der Waals surface area contributed by atoms with Crippen molar-refractivity contribution in [1.29, 1.82) is 0 Å². The highest BCUT2D eigenvalue weighted by Crippen LogP contribution is 2.25. The molecular formula is C13H14FN3O. The van der Waals surface area contributed by atoms with Crippen molar-refractivity contribution in [2.75, 3.05) is 0 Å². The van der Waals surface area contributed by atoms with E-state index in [4.69, 9.17) is 4.52 Å². The summed E-state index contributed by atoms with van der Waals surface area (Å²) >= 11 is 0. The first-order chi connectivity index (χ1) is 8.74. The third kappa shape index (κ3) is 2.26. The molecule has 1 N–H and O–H groups in total. The van der Waals surface area contributed by atoms with Crippen LogP contribution >= 0.6 is 0 Å². The molecule has 2 aromatic rings. The largest absolute Gasteiger partial charge is 0.354 e. The molecule has 0 amide bonds. The lowest BCUT2D eigenvalue weighted by Crippen LogP contribution is -2.16. The summed E-state index contributed by atoms with van der Waals surface area (Å²) < 4.78 is 18.1. The molecule has 0 radical (unpaired) electrons. The smallest absolute Gasteiger partial charge is 0.188 e. The number of pyridine rings is 1. The number of hydrogen-bond acceptors (Lipinski definition) is 4. The third-order valence-corrected chi connectivity index (χ3v) is 3.12. The van der Waals surface area contributed by atoms with E-state index in [-0.39, 0.29) is 5.82 Å². The van der Waals surface area contributed by atoms with Crippen LogP contribution in [-0.2, 0) is 6.54 Å². The van der Waals surface area contributed by atoms with Crippen molar-refractivity contribution < 1.29 is 8.91 Å². The van der Waals surface area contributed by atoms with Crippen molar-refractivity contribution in [3.8, 4) is 11.5 Å². The summed E-state index contributed by atoms with van der Waals surface area (Å²) in [5.74, 6) is 0.258. The number of rotatable bonds is 4. The van der Waals surface area contributed by atoms with Gasteiger partial charge in [0.1, 0.15) is 17.2 Å². The Kier molecular flexibility index (Phi) is 2.83.